The maximum absolute atomic E-state index is 11.7. The molecule has 1 aliphatic rings. The zero-order valence-electron chi connectivity index (χ0n) is 11.5. The monoisotopic (exact) mass is 243 g/mol. The van der Waals surface area contributed by atoms with Gasteiger partial charge in [0.15, 0.2) is 0 Å². The Morgan fingerprint density at radius 1 is 1.35 bits per heavy atom. The maximum atomic E-state index is 11.7. The highest BCUT2D eigenvalue weighted by Gasteiger charge is 2.39. The quantitative estimate of drug-likeness (QED) is 0.781. The molecule has 1 saturated carbocycles. The number of nitrogens with one attached hydrogen (secondary N) is 1. The van der Waals surface area contributed by atoms with Crippen LogP contribution < -0.4 is 5.32 Å². The zero-order valence-corrected chi connectivity index (χ0v) is 11.5. The van der Waals surface area contributed by atoms with Gasteiger partial charge in [0.05, 0.1) is 0 Å². The van der Waals surface area contributed by atoms with E-state index >= 15 is 0 Å². The first-order valence-corrected chi connectivity index (χ1v) is 6.35. The molecule has 0 aromatic rings. The predicted molar refractivity (Wildman–Crippen MR) is 66.7 cm³/mol. The van der Waals surface area contributed by atoms with Crippen LogP contribution in [-0.4, -0.2) is 29.4 Å². The number of ether oxygens (including phenoxy) is 1. The minimum absolute atomic E-state index is 0.0184. The van der Waals surface area contributed by atoms with Crippen molar-refractivity contribution in [2.75, 3.05) is 6.61 Å². The van der Waals surface area contributed by atoms with Gasteiger partial charge in [-0.15, -0.1) is 0 Å². The molecule has 0 bridgehead atoms. The summed E-state index contributed by atoms with van der Waals surface area (Å²) in [6.07, 6.45) is 0.646. The highest BCUT2D eigenvalue weighted by molar-refractivity contribution is 5.68. The molecule has 4 nitrogen and oxygen atoms in total. The van der Waals surface area contributed by atoms with Gasteiger partial charge in [0.2, 0.25) is 0 Å². The normalized spacial score (nSPS) is 33.5. The fourth-order valence-corrected chi connectivity index (χ4v) is 2.67. The van der Waals surface area contributed by atoms with Crippen LogP contribution in [-0.2, 0) is 4.74 Å². The first-order chi connectivity index (χ1) is 7.74. The van der Waals surface area contributed by atoms with Crippen LogP contribution in [0.2, 0.25) is 0 Å². The molecule has 1 amide bonds. The molecular weight excluding hydrogens is 218 g/mol. The molecule has 1 fully saturated rings. The van der Waals surface area contributed by atoms with E-state index in [1.165, 1.54) is 0 Å². The minimum Gasteiger partial charge on any atom is -0.444 e. The van der Waals surface area contributed by atoms with Crippen LogP contribution in [0.25, 0.3) is 0 Å². The standard InChI is InChI=1S/C13H25NO3/c1-8-6-9(2)11(10(8)7-15)14-12(16)17-13(3,4)5/h8-11,15H,6-7H2,1-5H3,(H,14,16)/t8-,9+,10?,11?/m1/s1. The average molecular weight is 243 g/mol. The molecule has 1 aliphatic carbocycles. The smallest absolute Gasteiger partial charge is 0.407 e. The second-order valence-electron chi connectivity index (χ2n) is 6.21. The van der Waals surface area contributed by atoms with E-state index in [1.807, 2.05) is 20.8 Å². The number of carbonyl (C=O) groups excluding carboxylic acids is 1. The van der Waals surface area contributed by atoms with Crippen LogP contribution in [0.5, 0.6) is 0 Å². The van der Waals surface area contributed by atoms with Crippen molar-refractivity contribution in [3.8, 4) is 0 Å². The third kappa shape index (κ3) is 3.87. The maximum Gasteiger partial charge on any atom is 0.407 e. The predicted octanol–water partition coefficient (Wildman–Crippen LogP) is 2.16. The molecule has 0 heterocycles. The molecule has 4 heteroatoms. The van der Waals surface area contributed by atoms with Crippen molar-refractivity contribution in [2.24, 2.45) is 17.8 Å². The highest BCUT2D eigenvalue weighted by atomic mass is 16.6. The van der Waals surface area contributed by atoms with Gasteiger partial charge >= 0.3 is 6.09 Å². The lowest BCUT2D eigenvalue weighted by atomic mass is 9.95. The van der Waals surface area contributed by atoms with E-state index in [-0.39, 0.29) is 24.7 Å². The molecule has 0 aromatic carbocycles. The average Bonchev–Trinajstić information content (AvgIpc) is 2.38. The Labute approximate surface area is 104 Å². The van der Waals surface area contributed by atoms with Crippen LogP contribution in [0.4, 0.5) is 4.79 Å². The zero-order chi connectivity index (χ0) is 13.2. The summed E-state index contributed by atoms with van der Waals surface area (Å²) in [5, 5.41) is 12.3. The Hall–Kier alpha value is -0.770. The first kappa shape index (κ1) is 14.3. The van der Waals surface area contributed by atoms with Gasteiger partial charge in [-0.2, -0.15) is 0 Å². The fraction of sp³-hybridized carbons (Fsp3) is 0.923. The second kappa shape index (κ2) is 5.25. The van der Waals surface area contributed by atoms with Crippen LogP contribution in [0.3, 0.4) is 0 Å². The van der Waals surface area contributed by atoms with E-state index in [0.717, 1.165) is 6.42 Å². The van der Waals surface area contributed by atoms with Gasteiger partial charge in [0.1, 0.15) is 5.60 Å². The van der Waals surface area contributed by atoms with Crippen molar-refractivity contribution in [3.63, 3.8) is 0 Å². The largest absolute Gasteiger partial charge is 0.444 e. The number of amides is 1. The van der Waals surface area contributed by atoms with Gasteiger partial charge in [0.25, 0.3) is 0 Å². The second-order valence-corrected chi connectivity index (χ2v) is 6.21. The van der Waals surface area contributed by atoms with E-state index < -0.39 is 5.60 Å². The van der Waals surface area contributed by atoms with Gasteiger partial charge in [-0.3, -0.25) is 0 Å². The van der Waals surface area contributed by atoms with Crippen molar-refractivity contribution >= 4 is 6.09 Å². The van der Waals surface area contributed by atoms with Crippen LogP contribution in [0.15, 0.2) is 0 Å². The Bertz CT molecular complexity index is 272. The summed E-state index contributed by atoms with van der Waals surface area (Å²) >= 11 is 0. The molecule has 17 heavy (non-hydrogen) atoms. The molecule has 4 atom stereocenters. The van der Waals surface area contributed by atoms with Crippen molar-refractivity contribution in [2.45, 2.75) is 52.7 Å². The first-order valence-electron chi connectivity index (χ1n) is 6.35. The third-order valence-corrected chi connectivity index (χ3v) is 3.44. The van der Waals surface area contributed by atoms with E-state index in [1.54, 1.807) is 0 Å². The molecule has 0 aliphatic heterocycles. The number of hydrogen-bond donors (Lipinski definition) is 2. The molecule has 2 unspecified atom stereocenters. The summed E-state index contributed by atoms with van der Waals surface area (Å²) in [7, 11) is 0. The van der Waals surface area contributed by atoms with Gasteiger partial charge in [-0.1, -0.05) is 13.8 Å². The van der Waals surface area contributed by atoms with E-state index in [4.69, 9.17) is 4.74 Å². The number of aliphatic hydroxyl groups excluding tert-OH is 1. The molecule has 0 spiro atoms. The van der Waals surface area contributed by atoms with Crippen molar-refractivity contribution in [3.05, 3.63) is 0 Å². The summed E-state index contributed by atoms with van der Waals surface area (Å²) in [5.41, 5.74) is -0.480. The molecule has 100 valence electrons. The Balaban J connectivity index is 2.58. The van der Waals surface area contributed by atoms with Crippen molar-refractivity contribution in [1.82, 2.24) is 5.32 Å². The SMILES string of the molecule is C[C@@H]1C[C@H](C)C(NC(=O)OC(C)(C)C)C1CO. The van der Waals surface area contributed by atoms with Crippen LogP contribution >= 0.6 is 0 Å². The summed E-state index contributed by atoms with van der Waals surface area (Å²) in [6.45, 7) is 9.87. The van der Waals surface area contributed by atoms with E-state index in [2.05, 4.69) is 19.2 Å². The summed E-state index contributed by atoms with van der Waals surface area (Å²) in [6, 6.07) is 0.0184. The lowest BCUT2D eigenvalue weighted by molar-refractivity contribution is 0.0462. The molecule has 0 aromatic heterocycles. The molecule has 0 saturated heterocycles. The lowest BCUT2D eigenvalue weighted by Gasteiger charge is -2.26. The Kier molecular flexibility index (Phi) is 4.42. The minimum atomic E-state index is -0.480. The summed E-state index contributed by atoms with van der Waals surface area (Å²) in [5.74, 6) is 0.960. The molecule has 2 N–H and O–H groups in total. The number of aliphatic hydroxyl groups is 1. The third-order valence-electron chi connectivity index (χ3n) is 3.44. The van der Waals surface area contributed by atoms with Crippen LogP contribution in [0, 0.1) is 17.8 Å². The number of rotatable bonds is 2. The molecular formula is C13H25NO3. The van der Waals surface area contributed by atoms with Gasteiger partial charge in [0, 0.05) is 18.6 Å². The fourth-order valence-electron chi connectivity index (χ4n) is 2.67. The van der Waals surface area contributed by atoms with Gasteiger partial charge in [-0.25, -0.2) is 4.79 Å². The Morgan fingerprint density at radius 3 is 2.41 bits per heavy atom. The van der Waals surface area contributed by atoms with Crippen molar-refractivity contribution < 1.29 is 14.6 Å². The molecule has 0 radical (unpaired) electrons. The van der Waals surface area contributed by atoms with Gasteiger partial charge in [-0.05, 0) is 39.0 Å². The van der Waals surface area contributed by atoms with E-state index in [0.29, 0.717) is 11.8 Å². The van der Waals surface area contributed by atoms with E-state index in [9.17, 15) is 9.90 Å². The van der Waals surface area contributed by atoms with Crippen LogP contribution in [0.1, 0.15) is 41.0 Å². The number of alkyl carbamates (subject to hydrolysis) is 1. The number of carbonyl (C=O) groups is 1. The summed E-state index contributed by atoms with van der Waals surface area (Å²) in [4.78, 5) is 11.7. The molecule has 1 rings (SSSR count). The highest BCUT2D eigenvalue weighted by Crippen LogP contribution is 2.36. The van der Waals surface area contributed by atoms with Gasteiger partial charge < -0.3 is 15.2 Å². The Morgan fingerprint density at radius 2 is 1.94 bits per heavy atom. The lowest BCUT2D eigenvalue weighted by Crippen LogP contribution is -2.44. The van der Waals surface area contributed by atoms with Crippen molar-refractivity contribution in [1.29, 1.82) is 0 Å². The summed E-state index contributed by atoms with van der Waals surface area (Å²) < 4.78 is 5.24. The topological polar surface area (TPSA) is 58.6 Å². The number of hydrogen-bond acceptors (Lipinski definition) is 3.